The number of carbonyl (C=O) groups is 2. The van der Waals surface area contributed by atoms with Crippen molar-refractivity contribution in [2.45, 2.75) is 31.3 Å². The van der Waals surface area contributed by atoms with Crippen LogP contribution in [-0.4, -0.2) is 45.5 Å². The first-order valence-electron chi connectivity index (χ1n) is 10.1. The Morgan fingerprint density at radius 3 is 2.43 bits per heavy atom. The molecule has 2 heterocycles. The number of H-pyrrole nitrogens is 1. The highest BCUT2D eigenvalue weighted by molar-refractivity contribution is 5.87. The first-order chi connectivity index (χ1) is 14.5. The van der Waals surface area contributed by atoms with Gasteiger partial charge < -0.3 is 20.9 Å². The van der Waals surface area contributed by atoms with E-state index >= 15 is 0 Å². The number of rotatable bonds is 5. The van der Waals surface area contributed by atoms with Crippen molar-refractivity contribution in [1.29, 1.82) is 0 Å². The normalized spacial score (nSPS) is 15.8. The zero-order valence-electron chi connectivity index (χ0n) is 16.6. The average Bonchev–Trinajstić information content (AvgIpc) is 3.09. The van der Waals surface area contributed by atoms with Crippen LogP contribution in [0.5, 0.6) is 0 Å². The maximum Gasteiger partial charge on any atom is 0.326 e. The van der Waals surface area contributed by atoms with E-state index in [0.29, 0.717) is 32.4 Å². The zero-order chi connectivity index (χ0) is 21.1. The van der Waals surface area contributed by atoms with Gasteiger partial charge in [0.15, 0.2) is 0 Å². The fourth-order valence-electron chi connectivity index (χ4n) is 4.22. The molecule has 1 saturated heterocycles. The maximum atomic E-state index is 13.1. The quantitative estimate of drug-likeness (QED) is 0.599. The van der Waals surface area contributed by atoms with Crippen LogP contribution in [0.2, 0.25) is 0 Å². The third kappa shape index (κ3) is 4.07. The standard InChI is InChI=1S/C22H25N5O3/c23-21(29)24-18(14-15-6-2-1-3-7-15)20(28)26-12-10-16(11-13-26)27-19-9-5-4-8-17(19)25-22(27)30/h1-9,16,18H,10-14H2,(H,25,30)(H3,23,24,29). The number of fused-ring (bicyclic) bond motifs is 1. The molecule has 156 valence electrons. The molecule has 4 rings (SSSR count). The smallest absolute Gasteiger partial charge is 0.326 e. The number of aromatic amines is 1. The molecule has 3 amide bonds. The number of nitrogens with two attached hydrogens (primary N) is 1. The van der Waals surface area contributed by atoms with Gasteiger partial charge in [-0.25, -0.2) is 9.59 Å². The van der Waals surface area contributed by atoms with Crippen molar-refractivity contribution in [2.24, 2.45) is 5.73 Å². The summed E-state index contributed by atoms with van der Waals surface area (Å²) in [6.07, 6.45) is 1.72. The Balaban J connectivity index is 1.46. The lowest BCUT2D eigenvalue weighted by molar-refractivity contribution is -0.134. The largest absolute Gasteiger partial charge is 0.352 e. The van der Waals surface area contributed by atoms with E-state index in [9.17, 15) is 14.4 Å². The molecule has 1 aliphatic heterocycles. The van der Waals surface area contributed by atoms with Gasteiger partial charge >= 0.3 is 11.7 Å². The number of amides is 3. The van der Waals surface area contributed by atoms with Gasteiger partial charge in [-0.1, -0.05) is 42.5 Å². The number of hydrogen-bond donors (Lipinski definition) is 3. The van der Waals surface area contributed by atoms with Crippen molar-refractivity contribution < 1.29 is 9.59 Å². The van der Waals surface area contributed by atoms with E-state index < -0.39 is 12.1 Å². The number of nitrogens with zero attached hydrogens (tertiary/aromatic N) is 2. The molecule has 0 spiro atoms. The summed E-state index contributed by atoms with van der Waals surface area (Å²) >= 11 is 0. The number of carbonyl (C=O) groups excluding carboxylic acids is 2. The summed E-state index contributed by atoms with van der Waals surface area (Å²) in [5.41, 5.74) is 7.82. The lowest BCUT2D eigenvalue weighted by Crippen LogP contribution is -2.53. The summed E-state index contributed by atoms with van der Waals surface area (Å²) in [6.45, 7) is 1.03. The predicted octanol–water partition coefficient (Wildman–Crippen LogP) is 1.77. The summed E-state index contributed by atoms with van der Waals surface area (Å²) in [5, 5.41) is 2.58. The monoisotopic (exact) mass is 407 g/mol. The maximum absolute atomic E-state index is 13.1. The first-order valence-corrected chi connectivity index (χ1v) is 10.1. The second kappa shape index (κ2) is 8.44. The van der Waals surface area contributed by atoms with E-state index in [-0.39, 0.29) is 17.6 Å². The summed E-state index contributed by atoms with van der Waals surface area (Å²) < 4.78 is 1.79. The highest BCUT2D eigenvalue weighted by Crippen LogP contribution is 2.25. The van der Waals surface area contributed by atoms with Gasteiger partial charge in [0.25, 0.3) is 0 Å². The molecular weight excluding hydrogens is 382 g/mol. The molecule has 0 saturated carbocycles. The number of primary amides is 1. The number of hydrogen-bond acceptors (Lipinski definition) is 3. The van der Waals surface area contributed by atoms with Gasteiger partial charge in [-0.15, -0.1) is 0 Å². The number of likely N-dealkylation sites (tertiary alicyclic amines) is 1. The van der Waals surface area contributed by atoms with Gasteiger partial charge in [0.2, 0.25) is 5.91 Å². The molecule has 1 aromatic heterocycles. The SMILES string of the molecule is NC(=O)NC(Cc1ccccc1)C(=O)N1CCC(n2c(=O)[nH]c3ccccc32)CC1. The Bertz CT molecular complexity index is 1100. The summed E-state index contributed by atoms with van der Waals surface area (Å²) in [5.74, 6) is -0.151. The lowest BCUT2D eigenvalue weighted by Gasteiger charge is -2.34. The van der Waals surface area contributed by atoms with Crippen LogP contribution in [0.25, 0.3) is 11.0 Å². The van der Waals surface area contributed by atoms with E-state index in [1.54, 1.807) is 9.47 Å². The molecule has 30 heavy (non-hydrogen) atoms. The molecule has 1 atom stereocenters. The summed E-state index contributed by atoms with van der Waals surface area (Å²) in [6, 6.07) is 15.7. The minimum atomic E-state index is -0.718. The number of benzene rings is 2. The fourth-order valence-corrected chi connectivity index (χ4v) is 4.22. The van der Waals surface area contributed by atoms with Crippen LogP contribution in [0, 0.1) is 0 Å². The minimum Gasteiger partial charge on any atom is -0.352 e. The average molecular weight is 407 g/mol. The zero-order valence-corrected chi connectivity index (χ0v) is 16.6. The Morgan fingerprint density at radius 2 is 1.73 bits per heavy atom. The van der Waals surface area contributed by atoms with Crippen molar-refractivity contribution >= 4 is 23.0 Å². The van der Waals surface area contributed by atoms with Gasteiger partial charge in [0.05, 0.1) is 11.0 Å². The Kier molecular flexibility index (Phi) is 5.56. The number of urea groups is 1. The second-order valence-electron chi connectivity index (χ2n) is 7.62. The topological polar surface area (TPSA) is 113 Å². The molecule has 0 bridgehead atoms. The highest BCUT2D eigenvalue weighted by Gasteiger charge is 2.30. The van der Waals surface area contributed by atoms with Crippen LogP contribution in [-0.2, 0) is 11.2 Å². The molecule has 1 aliphatic rings. The van der Waals surface area contributed by atoms with Crippen LogP contribution < -0.4 is 16.7 Å². The van der Waals surface area contributed by atoms with Gasteiger partial charge in [-0.3, -0.25) is 9.36 Å². The van der Waals surface area contributed by atoms with Gasteiger partial charge in [-0.2, -0.15) is 0 Å². The van der Waals surface area contributed by atoms with E-state index in [4.69, 9.17) is 5.73 Å². The number of nitrogens with one attached hydrogen (secondary N) is 2. The predicted molar refractivity (Wildman–Crippen MR) is 114 cm³/mol. The van der Waals surface area contributed by atoms with E-state index in [0.717, 1.165) is 16.6 Å². The molecule has 8 nitrogen and oxygen atoms in total. The number of aromatic nitrogens is 2. The van der Waals surface area contributed by atoms with Crippen molar-refractivity contribution in [1.82, 2.24) is 19.8 Å². The lowest BCUT2D eigenvalue weighted by atomic mass is 10.0. The summed E-state index contributed by atoms with van der Waals surface area (Å²) in [7, 11) is 0. The van der Waals surface area contributed by atoms with Crippen molar-refractivity contribution in [3.8, 4) is 0 Å². The van der Waals surface area contributed by atoms with Crippen LogP contribution in [0.3, 0.4) is 0 Å². The Labute approximate surface area is 173 Å². The van der Waals surface area contributed by atoms with E-state index in [1.807, 2.05) is 54.6 Å². The fraction of sp³-hybridized carbons (Fsp3) is 0.318. The summed E-state index contributed by atoms with van der Waals surface area (Å²) in [4.78, 5) is 41.6. The molecule has 1 fully saturated rings. The third-order valence-corrected chi connectivity index (χ3v) is 5.66. The molecule has 2 aromatic carbocycles. The van der Waals surface area contributed by atoms with Crippen LogP contribution >= 0.6 is 0 Å². The number of para-hydroxylation sites is 2. The number of piperidine rings is 1. The van der Waals surface area contributed by atoms with Crippen LogP contribution in [0.15, 0.2) is 59.4 Å². The minimum absolute atomic E-state index is 0.0226. The van der Waals surface area contributed by atoms with E-state index in [2.05, 4.69) is 10.3 Å². The molecule has 3 aromatic rings. The molecule has 4 N–H and O–H groups in total. The molecule has 1 unspecified atom stereocenters. The van der Waals surface area contributed by atoms with Crippen molar-refractivity contribution in [3.63, 3.8) is 0 Å². The third-order valence-electron chi connectivity index (χ3n) is 5.66. The Hall–Kier alpha value is -3.55. The van der Waals surface area contributed by atoms with Crippen LogP contribution in [0.1, 0.15) is 24.4 Å². The molecule has 0 radical (unpaired) electrons. The van der Waals surface area contributed by atoms with Crippen molar-refractivity contribution in [2.75, 3.05) is 13.1 Å². The van der Waals surface area contributed by atoms with Crippen molar-refractivity contribution in [3.05, 3.63) is 70.6 Å². The molecular formula is C22H25N5O3. The Morgan fingerprint density at radius 1 is 1.07 bits per heavy atom. The highest BCUT2D eigenvalue weighted by atomic mass is 16.2. The molecule has 0 aliphatic carbocycles. The van der Waals surface area contributed by atoms with Gasteiger partial charge in [0, 0.05) is 25.6 Å². The van der Waals surface area contributed by atoms with Crippen LogP contribution in [0.4, 0.5) is 4.79 Å². The molecule has 8 heteroatoms. The first kappa shape index (κ1) is 19.8. The van der Waals surface area contributed by atoms with Gasteiger partial charge in [-0.05, 0) is 30.5 Å². The second-order valence-corrected chi connectivity index (χ2v) is 7.62. The number of imidazole rings is 1. The van der Waals surface area contributed by atoms with E-state index in [1.165, 1.54) is 0 Å². The van der Waals surface area contributed by atoms with Gasteiger partial charge in [0.1, 0.15) is 6.04 Å².